The average Bonchev–Trinajstić information content (AvgIpc) is 3.33. The Morgan fingerprint density at radius 3 is 2.68 bits per heavy atom. The van der Waals surface area contributed by atoms with Gasteiger partial charge < -0.3 is 9.15 Å². The molecule has 174 valence electrons. The highest BCUT2D eigenvalue weighted by Gasteiger charge is 2.45. The van der Waals surface area contributed by atoms with Gasteiger partial charge in [0.1, 0.15) is 11.3 Å². The van der Waals surface area contributed by atoms with Gasteiger partial charge in [0.2, 0.25) is 5.76 Å². The van der Waals surface area contributed by atoms with E-state index in [4.69, 9.17) is 9.15 Å². The third kappa shape index (κ3) is 3.80. The monoisotopic (exact) mass is 474 g/mol. The zero-order valence-electron chi connectivity index (χ0n) is 19.5. The van der Waals surface area contributed by atoms with Crippen molar-refractivity contribution >= 4 is 33.3 Å². The summed E-state index contributed by atoms with van der Waals surface area (Å²) >= 11 is 1.44. The number of fused-ring (bicyclic) bond motifs is 2. The van der Waals surface area contributed by atoms with Crippen LogP contribution in [0, 0.1) is 13.8 Å². The molecule has 0 N–H and O–H groups in total. The highest BCUT2D eigenvalue weighted by atomic mass is 32.1. The molecule has 1 amide bonds. The predicted octanol–water partition coefficient (Wildman–Crippen LogP) is 6.19. The van der Waals surface area contributed by atoms with Crippen molar-refractivity contribution in [2.24, 2.45) is 0 Å². The Balaban J connectivity index is 1.66. The Hall–Kier alpha value is -3.45. The summed E-state index contributed by atoms with van der Waals surface area (Å²) < 4.78 is 12.0. The number of aromatic nitrogens is 1. The minimum Gasteiger partial charge on any atom is -0.494 e. The van der Waals surface area contributed by atoms with Crippen molar-refractivity contribution in [3.63, 3.8) is 0 Å². The van der Waals surface area contributed by atoms with Gasteiger partial charge in [0.15, 0.2) is 10.6 Å². The van der Waals surface area contributed by atoms with E-state index in [0.29, 0.717) is 34.0 Å². The summed E-state index contributed by atoms with van der Waals surface area (Å²) in [6, 6.07) is 14.0. The predicted molar refractivity (Wildman–Crippen MR) is 134 cm³/mol. The van der Waals surface area contributed by atoms with Crippen LogP contribution in [-0.4, -0.2) is 17.5 Å². The summed E-state index contributed by atoms with van der Waals surface area (Å²) in [5.74, 6) is 0.436. The molecule has 34 heavy (non-hydrogen) atoms. The maximum atomic E-state index is 13.7. The molecule has 0 radical (unpaired) electrons. The quantitative estimate of drug-likeness (QED) is 0.299. The van der Waals surface area contributed by atoms with Crippen LogP contribution in [0.3, 0.4) is 0 Å². The van der Waals surface area contributed by atoms with Gasteiger partial charge >= 0.3 is 0 Å². The highest BCUT2D eigenvalue weighted by Crippen LogP contribution is 2.43. The number of hydrogen-bond acceptors (Lipinski definition) is 6. The number of rotatable bonds is 7. The Labute approximate surface area is 201 Å². The number of nitrogens with zero attached hydrogens (tertiary/aromatic N) is 2. The molecular formula is C27H26N2O4S. The van der Waals surface area contributed by atoms with Gasteiger partial charge in [-0.1, -0.05) is 44.0 Å². The van der Waals surface area contributed by atoms with E-state index in [-0.39, 0.29) is 17.1 Å². The Bertz CT molecular complexity index is 1420. The first-order chi connectivity index (χ1) is 16.5. The van der Waals surface area contributed by atoms with E-state index >= 15 is 0 Å². The molecule has 0 bridgehead atoms. The molecule has 3 heterocycles. The molecule has 2 aromatic heterocycles. The SMILES string of the molecule is CCCCCOc1cccc([C@H]2c3c(oc4ccccc4c3=O)C(=O)N2c2nc(C)c(C)s2)c1. The lowest BCUT2D eigenvalue weighted by Crippen LogP contribution is -2.29. The molecule has 5 rings (SSSR count). The summed E-state index contributed by atoms with van der Waals surface area (Å²) in [4.78, 5) is 34.6. The topological polar surface area (TPSA) is 72.6 Å². The smallest absolute Gasteiger partial charge is 0.297 e. The first-order valence-electron chi connectivity index (χ1n) is 11.6. The molecule has 7 heteroatoms. The Morgan fingerprint density at radius 2 is 1.91 bits per heavy atom. The number of thiazole rings is 1. The van der Waals surface area contributed by atoms with Gasteiger partial charge in [-0.25, -0.2) is 4.98 Å². The van der Waals surface area contributed by atoms with Gasteiger partial charge in [-0.15, -0.1) is 11.3 Å². The second-order valence-corrected chi connectivity index (χ2v) is 9.70. The van der Waals surface area contributed by atoms with E-state index in [9.17, 15) is 9.59 Å². The summed E-state index contributed by atoms with van der Waals surface area (Å²) in [6.07, 6.45) is 3.20. The van der Waals surface area contributed by atoms with Crippen LogP contribution < -0.4 is 15.1 Å². The fourth-order valence-electron chi connectivity index (χ4n) is 4.31. The summed E-state index contributed by atoms with van der Waals surface area (Å²) in [5.41, 5.74) is 2.20. The third-order valence-electron chi connectivity index (χ3n) is 6.19. The zero-order valence-corrected chi connectivity index (χ0v) is 20.3. The van der Waals surface area contributed by atoms with Crippen LogP contribution in [-0.2, 0) is 0 Å². The molecule has 1 aliphatic rings. The first-order valence-corrected chi connectivity index (χ1v) is 12.4. The molecule has 0 saturated heterocycles. The third-order valence-corrected chi connectivity index (χ3v) is 7.26. The van der Waals surface area contributed by atoms with Gasteiger partial charge in [0, 0.05) is 4.88 Å². The van der Waals surface area contributed by atoms with Crippen molar-refractivity contribution in [1.82, 2.24) is 4.98 Å². The molecular weight excluding hydrogens is 448 g/mol. The maximum absolute atomic E-state index is 13.7. The normalized spacial score (nSPS) is 15.2. The number of para-hydroxylation sites is 1. The molecule has 0 saturated carbocycles. The van der Waals surface area contributed by atoms with E-state index < -0.39 is 6.04 Å². The maximum Gasteiger partial charge on any atom is 0.297 e. The Kier molecular flexibility index (Phi) is 5.96. The van der Waals surface area contributed by atoms with Crippen LogP contribution in [0.25, 0.3) is 11.0 Å². The van der Waals surface area contributed by atoms with E-state index in [1.54, 1.807) is 29.2 Å². The molecule has 0 unspecified atom stereocenters. The molecule has 6 nitrogen and oxygen atoms in total. The molecule has 4 aromatic rings. The van der Waals surface area contributed by atoms with Crippen LogP contribution in [0.1, 0.15) is 64.5 Å². The average molecular weight is 475 g/mol. The van der Waals surface area contributed by atoms with E-state index in [2.05, 4.69) is 11.9 Å². The van der Waals surface area contributed by atoms with Crippen LogP contribution in [0.4, 0.5) is 5.13 Å². The number of ether oxygens (including phenoxy) is 1. The summed E-state index contributed by atoms with van der Waals surface area (Å²) in [6.45, 7) is 6.67. The van der Waals surface area contributed by atoms with E-state index in [1.807, 2.05) is 38.1 Å². The standard InChI is InChI=1S/C27H26N2O4S/c1-4-5-8-14-32-19-11-9-10-18(15-19)23-22-24(30)20-12-6-7-13-21(20)33-25(22)26(31)29(23)27-28-16(2)17(3)34-27/h6-7,9-13,15,23H,4-5,8,14H2,1-3H3/t23-/m0/s1. The zero-order chi connectivity index (χ0) is 23.8. The molecule has 0 aliphatic carbocycles. The van der Waals surface area contributed by atoms with Crippen molar-refractivity contribution in [3.8, 4) is 5.75 Å². The van der Waals surface area contributed by atoms with E-state index in [1.165, 1.54) is 11.3 Å². The number of unbranched alkanes of at least 4 members (excludes halogenated alkanes) is 2. The molecule has 0 spiro atoms. The highest BCUT2D eigenvalue weighted by molar-refractivity contribution is 7.15. The number of carbonyl (C=O) groups excluding carboxylic acids is 1. The minimum absolute atomic E-state index is 0.0773. The number of anilines is 1. The van der Waals surface area contributed by atoms with Gasteiger partial charge in [0.25, 0.3) is 5.91 Å². The van der Waals surface area contributed by atoms with Crippen LogP contribution in [0.15, 0.2) is 57.7 Å². The van der Waals surface area contributed by atoms with Crippen LogP contribution in [0.2, 0.25) is 0 Å². The lowest BCUT2D eigenvalue weighted by atomic mass is 9.98. The number of aryl methyl sites for hydroxylation is 2. The van der Waals surface area contributed by atoms with Crippen molar-refractivity contribution in [2.45, 2.75) is 46.1 Å². The largest absolute Gasteiger partial charge is 0.494 e. The van der Waals surface area contributed by atoms with Gasteiger partial charge in [-0.2, -0.15) is 0 Å². The molecule has 2 aromatic carbocycles. The number of carbonyl (C=O) groups is 1. The fourth-order valence-corrected chi connectivity index (χ4v) is 5.24. The van der Waals surface area contributed by atoms with Crippen molar-refractivity contribution < 1.29 is 13.9 Å². The second-order valence-electron chi connectivity index (χ2n) is 8.51. The van der Waals surface area contributed by atoms with Gasteiger partial charge in [-0.05, 0) is 50.1 Å². The lowest BCUT2D eigenvalue weighted by molar-refractivity contribution is 0.0971. The summed E-state index contributed by atoms with van der Waals surface area (Å²) in [7, 11) is 0. The number of benzene rings is 2. The molecule has 1 atom stereocenters. The van der Waals surface area contributed by atoms with Gasteiger partial charge in [0.05, 0.1) is 29.3 Å². The molecule has 1 aliphatic heterocycles. The minimum atomic E-state index is -0.646. The number of amides is 1. The fraction of sp³-hybridized carbons (Fsp3) is 0.296. The Morgan fingerprint density at radius 1 is 1.09 bits per heavy atom. The number of hydrogen-bond donors (Lipinski definition) is 0. The van der Waals surface area contributed by atoms with Crippen LogP contribution >= 0.6 is 11.3 Å². The van der Waals surface area contributed by atoms with E-state index in [0.717, 1.165) is 35.4 Å². The van der Waals surface area contributed by atoms with Crippen molar-refractivity contribution in [1.29, 1.82) is 0 Å². The van der Waals surface area contributed by atoms with Crippen molar-refractivity contribution in [3.05, 3.63) is 86.2 Å². The molecule has 0 fully saturated rings. The van der Waals surface area contributed by atoms with Crippen LogP contribution in [0.5, 0.6) is 5.75 Å². The summed E-state index contributed by atoms with van der Waals surface area (Å²) in [5, 5.41) is 1.01. The first kappa shape index (κ1) is 22.3. The lowest BCUT2D eigenvalue weighted by Gasteiger charge is -2.23. The second kappa shape index (κ2) is 9.06. The van der Waals surface area contributed by atoms with Crippen molar-refractivity contribution in [2.75, 3.05) is 11.5 Å². The van der Waals surface area contributed by atoms with Gasteiger partial charge in [-0.3, -0.25) is 14.5 Å².